The number of hydrogen-bond donors (Lipinski definition) is 0. The molecule has 3 heterocycles. The lowest BCUT2D eigenvalue weighted by Crippen LogP contribution is -2.60. The summed E-state index contributed by atoms with van der Waals surface area (Å²) in [7, 11) is 0. The van der Waals surface area contributed by atoms with E-state index in [9.17, 15) is 0 Å². The lowest BCUT2D eigenvalue weighted by Gasteiger charge is -2.44. The second kappa shape index (κ2) is 17.4. The van der Waals surface area contributed by atoms with Crippen LogP contribution < -0.4 is 25.5 Å². The Morgan fingerprint density at radius 1 is 0.455 bits per heavy atom. The van der Waals surface area contributed by atoms with Crippen LogP contribution in [0.5, 0.6) is 0 Å². The van der Waals surface area contributed by atoms with Crippen LogP contribution in [0.4, 0.5) is 34.1 Å². The SMILES string of the molecule is Cc1cc2c3c(c1)N(c1ccc(C(C)C)cc1)c1c(sc4c1-c1ccc(C(C)C)cc1C41c4ccccc4-c4ccccc41)B3c1ccc(-c3cc(C(C)(C)C)ccc3-c3ccccc3)cc1N2c1ccc(C(C)C)cc1. The molecule has 10 aromatic rings. The highest BCUT2D eigenvalue weighted by atomic mass is 32.1. The van der Waals surface area contributed by atoms with E-state index in [1.54, 1.807) is 0 Å². The van der Waals surface area contributed by atoms with Gasteiger partial charge in [-0.25, -0.2) is 0 Å². The highest BCUT2D eigenvalue weighted by Gasteiger charge is 2.57. The van der Waals surface area contributed by atoms with E-state index in [0.717, 1.165) is 0 Å². The van der Waals surface area contributed by atoms with Gasteiger partial charge in [-0.2, -0.15) is 0 Å². The molecular formula is C73H65BN2S. The summed E-state index contributed by atoms with van der Waals surface area (Å²) in [4.78, 5) is 6.73. The number of fused-ring (bicyclic) bond motifs is 15. The smallest absolute Gasteiger partial charge is 0.264 e. The fraction of sp³-hybridized carbons (Fsp3) is 0.205. The summed E-state index contributed by atoms with van der Waals surface area (Å²) in [5, 5.41) is 0. The highest BCUT2D eigenvalue weighted by molar-refractivity contribution is 7.30. The van der Waals surface area contributed by atoms with E-state index in [0.29, 0.717) is 17.8 Å². The summed E-state index contributed by atoms with van der Waals surface area (Å²) in [6, 6.07) is 75.7. The Balaban J connectivity index is 1.11. The van der Waals surface area contributed by atoms with E-state index in [1.807, 2.05) is 0 Å². The molecule has 14 rings (SSSR count). The van der Waals surface area contributed by atoms with Crippen LogP contribution in [-0.2, 0) is 10.8 Å². The molecule has 1 aromatic heterocycles. The number of hydrogen-bond acceptors (Lipinski definition) is 3. The van der Waals surface area contributed by atoms with Crippen molar-refractivity contribution in [2.45, 2.75) is 97.8 Å². The number of aryl methyl sites for hydroxylation is 1. The van der Waals surface area contributed by atoms with Crippen LogP contribution in [0.15, 0.2) is 194 Å². The van der Waals surface area contributed by atoms with Gasteiger partial charge in [0.2, 0.25) is 0 Å². The molecule has 9 aromatic carbocycles. The van der Waals surface area contributed by atoms with Crippen LogP contribution in [0.2, 0.25) is 0 Å². The van der Waals surface area contributed by atoms with Gasteiger partial charge in [-0.05, 0) is 167 Å². The topological polar surface area (TPSA) is 6.48 Å². The summed E-state index contributed by atoms with van der Waals surface area (Å²) in [5.74, 6) is 1.23. The molecule has 2 nitrogen and oxygen atoms in total. The predicted octanol–water partition coefficient (Wildman–Crippen LogP) is 18.5. The van der Waals surface area contributed by atoms with Crippen LogP contribution in [0, 0.1) is 6.92 Å². The van der Waals surface area contributed by atoms with Crippen LogP contribution in [0.25, 0.3) is 44.5 Å². The molecule has 4 heteroatoms. The Bertz CT molecular complexity index is 3970. The third kappa shape index (κ3) is 7.00. The van der Waals surface area contributed by atoms with Crippen molar-refractivity contribution in [2.24, 2.45) is 0 Å². The maximum atomic E-state index is 2.69. The van der Waals surface area contributed by atoms with E-state index in [1.165, 1.54) is 144 Å². The van der Waals surface area contributed by atoms with Crippen molar-refractivity contribution in [3.63, 3.8) is 0 Å². The molecule has 0 radical (unpaired) electrons. The largest absolute Gasteiger partial charge is 0.311 e. The Morgan fingerprint density at radius 3 is 1.62 bits per heavy atom. The summed E-state index contributed by atoms with van der Waals surface area (Å²) < 4.78 is 1.41. The Labute approximate surface area is 460 Å². The maximum absolute atomic E-state index is 2.69. The fourth-order valence-electron chi connectivity index (χ4n) is 13.6. The second-order valence-electron chi connectivity index (χ2n) is 24.3. The summed E-state index contributed by atoms with van der Waals surface area (Å²) in [6.07, 6.45) is 0. The van der Waals surface area contributed by atoms with Crippen molar-refractivity contribution >= 4 is 67.9 Å². The van der Waals surface area contributed by atoms with Gasteiger partial charge in [0.15, 0.2) is 0 Å². The third-order valence-electron chi connectivity index (χ3n) is 17.6. The molecule has 0 amide bonds. The standard InChI is InChI=1S/C73H65BN2S/c1-43(2)47-24-31-53(32-25-47)75-64-41-51(59-42-52(72(8,9)10)30-36-55(59)49-18-12-11-13-19-49)29-37-63(64)74-68-65(75)38-46(7)39-66(68)76(54-33-26-48(27-34-54)44(3)4)69-67-58-35-28-50(45(5)6)40-62(58)73(70(67)77-71(69)74)60-22-16-14-20-56(60)57-21-15-17-23-61(57)73/h11-45H,1-10H3. The van der Waals surface area contributed by atoms with Crippen molar-refractivity contribution in [2.75, 3.05) is 9.80 Å². The summed E-state index contributed by atoms with van der Waals surface area (Å²) in [5.41, 5.74) is 30.8. The van der Waals surface area contributed by atoms with Crippen molar-refractivity contribution in [3.8, 4) is 44.5 Å². The maximum Gasteiger partial charge on any atom is 0.264 e. The monoisotopic (exact) mass is 1010 g/mol. The highest BCUT2D eigenvalue weighted by Crippen LogP contribution is 2.67. The van der Waals surface area contributed by atoms with Gasteiger partial charge in [0.25, 0.3) is 6.71 Å². The Kier molecular flexibility index (Phi) is 10.8. The molecule has 2 aliphatic heterocycles. The molecule has 1 spiro atoms. The van der Waals surface area contributed by atoms with Crippen LogP contribution >= 0.6 is 11.3 Å². The lowest BCUT2D eigenvalue weighted by molar-refractivity contribution is 0.590. The van der Waals surface area contributed by atoms with Gasteiger partial charge >= 0.3 is 0 Å². The molecule has 0 saturated carbocycles. The predicted molar refractivity (Wildman–Crippen MR) is 331 cm³/mol. The zero-order valence-corrected chi connectivity index (χ0v) is 46.9. The lowest BCUT2D eigenvalue weighted by atomic mass is 9.36. The van der Waals surface area contributed by atoms with Crippen LogP contribution in [0.3, 0.4) is 0 Å². The number of nitrogens with zero attached hydrogens (tertiary/aromatic N) is 2. The normalized spacial score (nSPS) is 14.2. The van der Waals surface area contributed by atoms with Crippen LogP contribution in [-0.4, -0.2) is 6.71 Å². The summed E-state index contributed by atoms with van der Waals surface area (Å²) >= 11 is 2.08. The van der Waals surface area contributed by atoms with Crippen molar-refractivity contribution in [1.82, 2.24) is 0 Å². The average Bonchev–Trinajstić information content (AvgIpc) is 4.12. The Hall–Kier alpha value is -7.66. The summed E-state index contributed by atoms with van der Waals surface area (Å²) in [6.45, 7) is 23.1. The van der Waals surface area contributed by atoms with Crippen molar-refractivity contribution < 1.29 is 0 Å². The molecule has 77 heavy (non-hydrogen) atoms. The zero-order valence-electron chi connectivity index (χ0n) is 46.1. The van der Waals surface area contributed by atoms with Gasteiger partial charge in [0.05, 0.1) is 11.1 Å². The Morgan fingerprint density at radius 2 is 1.01 bits per heavy atom. The zero-order chi connectivity index (χ0) is 52.8. The first-order valence-electron chi connectivity index (χ1n) is 28.0. The number of thiophene rings is 1. The number of benzene rings is 9. The molecule has 2 aliphatic carbocycles. The van der Waals surface area contributed by atoms with Crippen LogP contribution in [0.1, 0.15) is 129 Å². The van der Waals surface area contributed by atoms with Gasteiger partial charge < -0.3 is 9.80 Å². The van der Waals surface area contributed by atoms with Gasteiger partial charge in [-0.3, -0.25) is 0 Å². The molecule has 0 N–H and O–H groups in total. The minimum Gasteiger partial charge on any atom is -0.311 e. The van der Waals surface area contributed by atoms with Crippen molar-refractivity contribution in [3.05, 3.63) is 244 Å². The first-order chi connectivity index (χ1) is 37.2. The molecule has 376 valence electrons. The molecule has 0 unspecified atom stereocenters. The fourth-order valence-corrected chi connectivity index (χ4v) is 15.3. The van der Waals surface area contributed by atoms with E-state index < -0.39 is 5.41 Å². The molecule has 0 atom stereocenters. The van der Waals surface area contributed by atoms with Gasteiger partial charge in [-0.15, -0.1) is 11.3 Å². The number of rotatable bonds is 7. The van der Waals surface area contributed by atoms with E-state index >= 15 is 0 Å². The minimum absolute atomic E-state index is 0.0268. The van der Waals surface area contributed by atoms with E-state index in [2.05, 4.69) is 284 Å². The van der Waals surface area contributed by atoms with Gasteiger partial charge in [0, 0.05) is 43.7 Å². The molecule has 0 fully saturated rings. The first kappa shape index (κ1) is 47.8. The van der Waals surface area contributed by atoms with Gasteiger partial charge in [-0.1, -0.05) is 214 Å². The van der Waals surface area contributed by atoms with E-state index in [4.69, 9.17) is 0 Å². The molecular weight excluding hydrogens is 948 g/mol. The first-order valence-corrected chi connectivity index (χ1v) is 28.8. The third-order valence-corrected chi connectivity index (χ3v) is 19.0. The second-order valence-corrected chi connectivity index (χ2v) is 25.3. The quantitative estimate of drug-likeness (QED) is 0.147. The average molecular weight is 1010 g/mol. The van der Waals surface area contributed by atoms with E-state index in [-0.39, 0.29) is 12.1 Å². The minimum atomic E-state index is -0.486. The number of anilines is 6. The molecule has 0 saturated heterocycles. The van der Waals surface area contributed by atoms with Crippen molar-refractivity contribution in [1.29, 1.82) is 0 Å². The van der Waals surface area contributed by atoms with Gasteiger partial charge in [0.1, 0.15) is 0 Å². The molecule has 4 aliphatic rings. The molecule has 0 bridgehead atoms.